The fourth-order valence-corrected chi connectivity index (χ4v) is 8.34. The van der Waals surface area contributed by atoms with E-state index in [9.17, 15) is 13.2 Å². The molecule has 3 heterocycles. The van der Waals surface area contributed by atoms with E-state index in [0.717, 1.165) is 33.9 Å². The molecule has 0 spiro atoms. The van der Waals surface area contributed by atoms with Gasteiger partial charge in [-0.25, -0.2) is 18.4 Å². The summed E-state index contributed by atoms with van der Waals surface area (Å²) in [5.74, 6) is 1.57. The number of thiophene rings is 1. The standard InChI is InChI=1S/C20H27N3O3S3/c1-12(2)9-23(14-7-8-29(25,26)11-14)17(24)10-27-19-18-15-5-4-6-16(15)28-20(18)22-13(3)21-19/h12,14H,4-11H2,1-3H3/t14-/m1/s1. The Balaban J connectivity index is 1.55. The van der Waals surface area contributed by atoms with E-state index in [1.165, 1.54) is 28.6 Å². The highest BCUT2D eigenvalue weighted by Crippen LogP contribution is 2.40. The normalized spacial score (nSPS) is 20.5. The van der Waals surface area contributed by atoms with Gasteiger partial charge in [0, 0.05) is 22.8 Å². The largest absolute Gasteiger partial charge is 0.338 e. The summed E-state index contributed by atoms with van der Waals surface area (Å²) in [7, 11) is -3.03. The monoisotopic (exact) mass is 453 g/mol. The molecule has 1 amide bonds. The number of fused-ring (bicyclic) bond motifs is 3. The number of nitrogens with zero attached hydrogens (tertiary/aromatic N) is 3. The van der Waals surface area contributed by atoms with Gasteiger partial charge in [-0.1, -0.05) is 25.6 Å². The van der Waals surface area contributed by atoms with Crippen molar-refractivity contribution in [2.45, 2.75) is 57.5 Å². The summed E-state index contributed by atoms with van der Waals surface area (Å²) in [5, 5.41) is 2.02. The lowest BCUT2D eigenvalue weighted by atomic mass is 10.1. The second-order valence-electron chi connectivity index (χ2n) is 8.40. The Kier molecular flexibility index (Phi) is 5.92. The molecule has 9 heteroatoms. The highest BCUT2D eigenvalue weighted by atomic mass is 32.2. The molecule has 0 unspecified atom stereocenters. The first-order valence-corrected chi connectivity index (χ1v) is 13.8. The van der Waals surface area contributed by atoms with E-state index in [1.54, 1.807) is 16.2 Å². The van der Waals surface area contributed by atoms with Crippen LogP contribution in [0.25, 0.3) is 10.2 Å². The minimum Gasteiger partial charge on any atom is -0.338 e. The van der Waals surface area contributed by atoms with Crippen LogP contribution in [0.15, 0.2) is 5.03 Å². The van der Waals surface area contributed by atoms with Crippen LogP contribution in [0.5, 0.6) is 0 Å². The predicted octanol–water partition coefficient (Wildman–Crippen LogP) is 3.25. The Morgan fingerprint density at radius 2 is 2.10 bits per heavy atom. The number of sulfone groups is 1. The first-order valence-electron chi connectivity index (χ1n) is 10.1. The fraction of sp³-hybridized carbons (Fsp3) is 0.650. The lowest BCUT2D eigenvalue weighted by Gasteiger charge is -2.30. The smallest absolute Gasteiger partial charge is 0.233 e. The number of carbonyl (C=O) groups is 1. The maximum atomic E-state index is 13.1. The molecule has 2 aromatic rings. The molecule has 29 heavy (non-hydrogen) atoms. The lowest BCUT2D eigenvalue weighted by molar-refractivity contribution is -0.130. The summed E-state index contributed by atoms with van der Waals surface area (Å²) in [6, 6.07) is -0.201. The zero-order valence-electron chi connectivity index (χ0n) is 17.1. The number of carbonyl (C=O) groups excluding carboxylic acids is 1. The molecule has 2 aliphatic rings. The Morgan fingerprint density at radius 3 is 2.79 bits per heavy atom. The molecule has 1 fully saturated rings. The van der Waals surface area contributed by atoms with Crippen molar-refractivity contribution in [1.82, 2.24) is 14.9 Å². The van der Waals surface area contributed by atoms with Crippen molar-refractivity contribution in [3.63, 3.8) is 0 Å². The Morgan fingerprint density at radius 1 is 1.31 bits per heavy atom. The summed E-state index contributed by atoms with van der Waals surface area (Å²) >= 11 is 3.23. The van der Waals surface area contributed by atoms with Crippen molar-refractivity contribution in [3.05, 3.63) is 16.3 Å². The van der Waals surface area contributed by atoms with Crippen molar-refractivity contribution in [2.24, 2.45) is 5.92 Å². The van der Waals surface area contributed by atoms with Crippen molar-refractivity contribution in [2.75, 3.05) is 23.8 Å². The van der Waals surface area contributed by atoms with Gasteiger partial charge in [-0.3, -0.25) is 4.79 Å². The molecule has 158 valence electrons. The Labute approximate surface area is 180 Å². The average molecular weight is 454 g/mol. The minimum atomic E-state index is -3.03. The molecule has 0 saturated carbocycles. The molecule has 0 N–H and O–H groups in total. The zero-order valence-corrected chi connectivity index (χ0v) is 19.6. The highest BCUT2D eigenvalue weighted by molar-refractivity contribution is 8.00. The summed E-state index contributed by atoms with van der Waals surface area (Å²) in [4.78, 5) is 26.6. The van der Waals surface area contributed by atoms with Gasteiger partial charge in [0.2, 0.25) is 5.91 Å². The number of hydrogen-bond acceptors (Lipinski definition) is 7. The van der Waals surface area contributed by atoms with Crippen molar-refractivity contribution in [1.29, 1.82) is 0 Å². The summed E-state index contributed by atoms with van der Waals surface area (Å²) in [6.45, 7) is 6.60. The SMILES string of the molecule is Cc1nc(SCC(=O)N(CC(C)C)[C@@H]2CCS(=O)(=O)C2)c2c3c(sc2n1)CCC3. The molecule has 1 aliphatic heterocycles. The van der Waals surface area contributed by atoms with Gasteiger partial charge in [0.25, 0.3) is 0 Å². The molecule has 6 nitrogen and oxygen atoms in total. The van der Waals surface area contributed by atoms with E-state index in [0.29, 0.717) is 18.9 Å². The van der Waals surface area contributed by atoms with E-state index in [-0.39, 0.29) is 29.2 Å². The van der Waals surface area contributed by atoms with Crippen LogP contribution in [0.2, 0.25) is 0 Å². The van der Waals surface area contributed by atoms with Gasteiger partial charge in [0.05, 0.1) is 17.3 Å². The molecular formula is C20H27N3O3S3. The number of hydrogen-bond donors (Lipinski definition) is 0. The number of thioether (sulfide) groups is 1. The second-order valence-corrected chi connectivity index (χ2v) is 12.7. The third kappa shape index (κ3) is 4.46. The zero-order chi connectivity index (χ0) is 20.8. The molecule has 1 saturated heterocycles. The van der Waals surface area contributed by atoms with Crippen molar-refractivity contribution in [3.8, 4) is 0 Å². The average Bonchev–Trinajstić information content (AvgIpc) is 3.30. The minimum absolute atomic E-state index is 0.00194. The Bertz CT molecular complexity index is 1050. The summed E-state index contributed by atoms with van der Waals surface area (Å²) in [5.41, 5.74) is 1.36. The van der Waals surface area contributed by atoms with E-state index in [1.807, 2.05) is 6.92 Å². The number of rotatable bonds is 6. The Hall–Kier alpha value is -1.19. The van der Waals surface area contributed by atoms with Crippen LogP contribution in [0.4, 0.5) is 0 Å². The van der Waals surface area contributed by atoms with Crippen LogP contribution in [-0.4, -0.2) is 59.0 Å². The third-order valence-corrected chi connectivity index (χ3v) is 9.40. The van der Waals surface area contributed by atoms with Crippen LogP contribution in [0, 0.1) is 12.8 Å². The predicted molar refractivity (Wildman–Crippen MR) is 119 cm³/mol. The molecular weight excluding hydrogens is 426 g/mol. The van der Waals surface area contributed by atoms with Crippen molar-refractivity contribution >= 4 is 49.1 Å². The number of aryl methyl sites for hydroxylation is 3. The van der Waals surface area contributed by atoms with Crippen LogP contribution in [0.1, 0.15) is 43.0 Å². The topological polar surface area (TPSA) is 80.2 Å². The fourth-order valence-electron chi connectivity index (χ4n) is 4.25. The van der Waals surface area contributed by atoms with Crippen LogP contribution in [0.3, 0.4) is 0 Å². The maximum absolute atomic E-state index is 13.1. The quantitative estimate of drug-likeness (QED) is 0.493. The van der Waals surface area contributed by atoms with Crippen molar-refractivity contribution < 1.29 is 13.2 Å². The molecule has 1 atom stereocenters. The first-order chi connectivity index (χ1) is 13.7. The third-order valence-electron chi connectivity index (χ3n) is 5.51. The van der Waals surface area contributed by atoms with Crippen LogP contribution in [-0.2, 0) is 27.5 Å². The number of amides is 1. The summed E-state index contributed by atoms with van der Waals surface area (Å²) < 4.78 is 23.9. The summed E-state index contributed by atoms with van der Waals surface area (Å²) in [6.07, 6.45) is 3.88. The van der Waals surface area contributed by atoms with Gasteiger partial charge in [-0.05, 0) is 44.1 Å². The number of aromatic nitrogens is 2. The van der Waals surface area contributed by atoms with E-state index < -0.39 is 9.84 Å². The molecule has 0 radical (unpaired) electrons. The van der Waals surface area contributed by atoms with Gasteiger partial charge >= 0.3 is 0 Å². The van der Waals surface area contributed by atoms with Gasteiger partial charge < -0.3 is 4.90 Å². The maximum Gasteiger partial charge on any atom is 0.233 e. The van der Waals surface area contributed by atoms with Gasteiger partial charge in [-0.2, -0.15) is 0 Å². The van der Waals surface area contributed by atoms with E-state index in [4.69, 9.17) is 0 Å². The van der Waals surface area contributed by atoms with Gasteiger partial charge in [0.15, 0.2) is 9.84 Å². The first kappa shape index (κ1) is 21.1. The van der Waals surface area contributed by atoms with E-state index >= 15 is 0 Å². The molecule has 2 aromatic heterocycles. The second kappa shape index (κ2) is 8.15. The molecule has 4 rings (SSSR count). The van der Waals surface area contributed by atoms with E-state index in [2.05, 4.69) is 23.8 Å². The molecule has 1 aliphatic carbocycles. The van der Waals surface area contributed by atoms with Gasteiger partial charge in [-0.15, -0.1) is 11.3 Å². The lowest BCUT2D eigenvalue weighted by Crippen LogP contribution is -2.44. The van der Waals surface area contributed by atoms with Crippen LogP contribution < -0.4 is 0 Å². The highest BCUT2D eigenvalue weighted by Gasteiger charge is 2.35. The molecule has 0 bridgehead atoms. The van der Waals surface area contributed by atoms with Gasteiger partial charge in [0.1, 0.15) is 15.7 Å². The van der Waals surface area contributed by atoms with Crippen LogP contribution >= 0.6 is 23.1 Å². The molecule has 0 aromatic carbocycles.